The second-order valence-corrected chi connectivity index (χ2v) is 6.88. The number of likely N-dealkylation sites (tertiary alicyclic amines) is 1. The van der Waals surface area contributed by atoms with Crippen LogP contribution in [0, 0.1) is 5.41 Å². The Labute approximate surface area is 109 Å². The monoisotopic (exact) mass is 255 g/mol. The zero-order chi connectivity index (χ0) is 13.4. The Kier molecular flexibility index (Phi) is 3.58. The SMILES string of the molecule is CC(C)(C)OC(=O)N1CCCC2(CC1)CC(O)C2. The Bertz CT molecular complexity index is 315. The fraction of sp³-hybridized carbons (Fsp3) is 0.929. The van der Waals surface area contributed by atoms with Crippen molar-refractivity contribution >= 4 is 6.09 Å². The van der Waals surface area contributed by atoms with Gasteiger partial charge in [-0.05, 0) is 58.3 Å². The number of nitrogens with zero attached hydrogens (tertiary/aromatic N) is 1. The predicted molar refractivity (Wildman–Crippen MR) is 69.3 cm³/mol. The van der Waals surface area contributed by atoms with Crippen LogP contribution in [-0.4, -0.2) is 40.9 Å². The molecule has 1 N–H and O–H groups in total. The summed E-state index contributed by atoms with van der Waals surface area (Å²) in [6.07, 6.45) is 4.67. The first-order valence-electron chi connectivity index (χ1n) is 6.96. The molecule has 0 atom stereocenters. The maximum Gasteiger partial charge on any atom is 0.410 e. The molecule has 1 aliphatic heterocycles. The van der Waals surface area contributed by atoms with Crippen molar-refractivity contribution < 1.29 is 14.6 Å². The number of rotatable bonds is 0. The lowest BCUT2D eigenvalue weighted by Gasteiger charge is -2.45. The Hall–Kier alpha value is -0.770. The summed E-state index contributed by atoms with van der Waals surface area (Å²) >= 11 is 0. The summed E-state index contributed by atoms with van der Waals surface area (Å²) in [5, 5.41) is 9.48. The molecule has 1 heterocycles. The van der Waals surface area contributed by atoms with Crippen LogP contribution in [-0.2, 0) is 4.74 Å². The number of ether oxygens (including phenoxy) is 1. The largest absolute Gasteiger partial charge is 0.444 e. The molecule has 4 nitrogen and oxygen atoms in total. The van der Waals surface area contributed by atoms with Crippen molar-refractivity contribution in [2.24, 2.45) is 5.41 Å². The number of carbonyl (C=O) groups excluding carboxylic acids is 1. The fourth-order valence-corrected chi connectivity index (χ4v) is 3.11. The van der Waals surface area contributed by atoms with Gasteiger partial charge in [0.25, 0.3) is 0 Å². The number of aliphatic hydroxyl groups excluding tert-OH is 1. The summed E-state index contributed by atoms with van der Waals surface area (Å²) in [5.74, 6) is 0. The molecule has 0 bridgehead atoms. The van der Waals surface area contributed by atoms with E-state index in [1.54, 1.807) is 0 Å². The third kappa shape index (κ3) is 3.16. The Balaban J connectivity index is 1.87. The molecule has 0 unspecified atom stereocenters. The summed E-state index contributed by atoms with van der Waals surface area (Å²) in [6, 6.07) is 0. The van der Waals surface area contributed by atoms with Gasteiger partial charge in [-0.2, -0.15) is 0 Å². The summed E-state index contributed by atoms with van der Waals surface area (Å²) in [5.41, 5.74) is -0.121. The molecule has 1 spiro atoms. The first-order valence-corrected chi connectivity index (χ1v) is 6.96. The quantitative estimate of drug-likeness (QED) is 0.723. The van der Waals surface area contributed by atoms with Gasteiger partial charge in [-0.1, -0.05) is 0 Å². The van der Waals surface area contributed by atoms with E-state index in [1.807, 2.05) is 25.7 Å². The van der Waals surface area contributed by atoms with Gasteiger partial charge in [0.1, 0.15) is 5.60 Å². The van der Waals surface area contributed by atoms with Gasteiger partial charge in [0.15, 0.2) is 0 Å². The van der Waals surface area contributed by atoms with Crippen molar-refractivity contribution in [3.05, 3.63) is 0 Å². The molecular weight excluding hydrogens is 230 g/mol. The first kappa shape index (κ1) is 13.7. The maximum absolute atomic E-state index is 12.0. The van der Waals surface area contributed by atoms with E-state index in [9.17, 15) is 9.90 Å². The molecule has 2 fully saturated rings. The van der Waals surface area contributed by atoms with Crippen LogP contribution in [0.4, 0.5) is 4.79 Å². The smallest absolute Gasteiger partial charge is 0.410 e. The highest BCUT2D eigenvalue weighted by atomic mass is 16.6. The van der Waals surface area contributed by atoms with Crippen molar-refractivity contribution in [3.63, 3.8) is 0 Å². The van der Waals surface area contributed by atoms with Gasteiger partial charge >= 0.3 is 6.09 Å². The Morgan fingerprint density at radius 2 is 1.94 bits per heavy atom. The first-order chi connectivity index (χ1) is 8.30. The molecule has 4 heteroatoms. The summed E-state index contributed by atoms with van der Waals surface area (Å²) in [7, 11) is 0. The Morgan fingerprint density at radius 1 is 1.28 bits per heavy atom. The highest BCUT2D eigenvalue weighted by Gasteiger charge is 2.44. The van der Waals surface area contributed by atoms with E-state index < -0.39 is 5.60 Å². The number of aliphatic hydroxyl groups is 1. The Morgan fingerprint density at radius 3 is 2.50 bits per heavy atom. The van der Waals surface area contributed by atoms with Crippen LogP contribution in [0.25, 0.3) is 0 Å². The van der Waals surface area contributed by atoms with E-state index in [2.05, 4.69) is 0 Å². The molecule has 1 saturated heterocycles. The normalized spacial score (nSPS) is 32.9. The van der Waals surface area contributed by atoms with Gasteiger partial charge in [0.2, 0.25) is 0 Å². The van der Waals surface area contributed by atoms with Crippen LogP contribution in [0.2, 0.25) is 0 Å². The van der Waals surface area contributed by atoms with Gasteiger partial charge in [-0.15, -0.1) is 0 Å². The lowest BCUT2D eigenvalue weighted by molar-refractivity contribution is -0.0410. The number of hydrogen-bond donors (Lipinski definition) is 1. The molecule has 18 heavy (non-hydrogen) atoms. The van der Waals surface area contributed by atoms with Gasteiger partial charge in [-0.3, -0.25) is 0 Å². The second kappa shape index (κ2) is 4.72. The van der Waals surface area contributed by atoms with Crippen molar-refractivity contribution in [1.82, 2.24) is 4.90 Å². The van der Waals surface area contributed by atoms with E-state index >= 15 is 0 Å². The van der Waals surface area contributed by atoms with Gasteiger partial charge < -0.3 is 14.7 Å². The van der Waals surface area contributed by atoms with Crippen molar-refractivity contribution in [2.45, 2.75) is 64.6 Å². The summed E-state index contributed by atoms with van der Waals surface area (Å²) in [4.78, 5) is 13.8. The van der Waals surface area contributed by atoms with E-state index in [4.69, 9.17) is 4.74 Å². The summed E-state index contributed by atoms with van der Waals surface area (Å²) in [6.45, 7) is 7.24. The molecule has 2 aliphatic rings. The number of hydrogen-bond acceptors (Lipinski definition) is 3. The molecule has 1 aliphatic carbocycles. The average Bonchev–Trinajstić information content (AvgIpc) is 2.37. The van der Waals surface area contributed by atoms with Gasteiger partial charge in [0, 0.05) is 13.1 Å². The molecular formula is C14H25NO3. The van der Waals surface area contributed by atoms with Crippen LogP contribution in [0.3, 0.4) is 0 Å². The minimum atomic E-state index is -0.423. The molecule has 1 saturated carbocycles. The van der Waals surface area contributed by atoms with Crippen LogP contribution in [0.5, 0.6) is 0 Å². The lowest BCUT2D eigenvalue weighted by Crippen LogP contribution is -2.42. The molecule has 1 amide bonds. The van der Waals surface area contributed by atoms with E-state index in [1.165, 1.54) is 0 Å². The van der Waals surface area contributed by atoms with Crippen LogP contribution >= 0.6 is 0 Å². The topological polar surface area (TPSA) is 49.8 Å². The fourth-order valence-electron chi connectivity index (χ4n) is 3.11. The van der Waals surface area contributed by atoms with Crippen molar-refractivity contribution in [1.29, 1.82) is 0 Å². The highest BCUT2D eigenvalue weighted by Crippen LogP contribution is 2.48. The van der Waals surface area contributed by atoms with Gasteiger partial charge in [-0.25, -0.2) is 4.79 Å². The molecule has 104 valence electrons. The van der Waals surface area contributed by atoms with Crippen LogP contribution in [0.15, 0.2) is 0 Å². The molecule has 0 radical (unpaired) electrons. The van der Waals surface area contributed by atoms with Crippen molar-refractivity contribution in [2.75, 3.05) is 13.1 Å². The zero-order valence-electron chi connectivity index (χ0n) is 11.7. The molecule has 0 aromatic heterocycles. The van der Waals surface area contributed by atoms with Gasteiger partial charge in [0.05, 0.1) is 6.10 Å². The van der Waals surface area contributed by atoms with E-state index in [0.29, 0.717) is 5.41 Å². The predicted octanol–water partition coefficient (Wildman–Crippen LogP) is 2.55. The highest BCUT2D eigenvalue weighted by molar-refractivity contribution is 5.68. The van der Waals surface area contributed by atoms with Crippen LogP contribution in [0.1, 0.15) is 52.9 Å². The second-order valence-electron chi connectivity index (χ2n) is 6.88. The number of carbonyl (C=O) groups is 1. The maximum atomic E-state index is 12.0. The summed E-state index contributed by atoms with van der Waals surface area (Å²) < 4.78 is 5.41. The minimum Gasteiger partial charge on any atom is -0.444 e. The van der Waals surface area contributed by atoms with E-state index in [0.717, 1.165) is 45.2 Å². The van der Waals surface area contributed by atoms with Crippen LogP contribution < -0.4 is 0 Å². The molecule has 0 aromatic rings. The molecule has 2 rings (SSSR count). The third-order valence-electron chi connectivity index (χ3n) is 4.04. The average molecular weight is 255 g/mol. The number of amides is 1. The lowest BCUT2D eigenvalue weighted by atomic mass is 9.63. The minimum absolute atomic E-state index is 0.113. The standard InChI is InChI=1S/C14H25NO3/c1-13(2,3)18-12(17)15-7-4-5-14(6-8-15)9-11(16)10-14/h11,16H,4-10H2,1-3H3. The van der Waals surface area contributed by atoms with Crippen molar-refractivity contribution in [3.8, 4) is 0 Å². The van der Waals surface area contributed by atoms with E-state index in [-0.39, 0.29) is 12.2 Å². The third-order valence-corrected chi connectivity index (χ3v) is 4.04. The zero-order valence-corrected chi connectivity index (χ0v) is 11.7. The molecule has 0 aromatic carbocycles.